The lowest BCUT2D eigenvalue weighted by atomic mass is 10.0. The van der Waals surface area contributed by atoms with E-state index in [9.17, 15) is 4.79 Å². The van der Waals surface area contributed by atoms with Gasteiger partial charge in [-0.3, -0.25) is 9.69 Å². The van der Waals surface area contributed by atoms with Crippen LogP contribution < -0.4 is 5.73 Å². The Labute approximate surface area is 135 Å². The SMILES string of the molecule is CC(C)(C(N)=S)N1CCN(C(=O)c2ccccc2Cl)CC1. The molecule has 0 aliphatic carbocycles. The van der Waals surface area contributed by atoms with Crippen molar-refractivity contribution < 1.29 is 4.79 Å². The van der Waals surface area contributed by atoms with E-state index in [-0.39, 0.29) is 11.4 Å². The molecule has 2 rings (SSSR count). The third kappa shape index (κ3) is 3.36. The second-order valence-electron chi connectivity index (χ2n) is 5.68. The Balaban J connectivity index is 2.03. The van der Waals surface area contributed by atoms with Gasteiger partial charge >= 0.3 is 0 Å². The van der Waals surface area contributed by atoms with E-state index in [1.807, 2.05) is 30.9 Å². The minimum atomic E-state index is -0.325. The molecule has 0 aromatic heterocycles. The van der Waals surface area contributed by atoms with E-state index in [1.54, 1.807) is 12.1 Å². The summed E-state index contributed by atoms with van der Waals surface area (Å²) in [7, 11) is 0. The van der Waals surface area contributed by atoms with Crippen molar-refractivity contribution >= 4 is 34.7 Å². The van der Waals surface area contributed by atoms with Crippen molar-refractivity contribution in [2.45, 2.75) is 19.4 Å². The van der Waals surface area contributed by atoms with Crippen LogP contribution in [-0.4, -0.2) is 52.4 Å². The number of nitrogens with two attached hydrogens (primary N) is 1. The molecule has 1 aromatic rings. The Morgan fingerprint density at radius 3 is 2.33 bits per heavy atom. The highest BCUT2D eigenvalue weighted by molar-refractivity contribution is 7.80. The summed E-state index contributed by atoms with van der Waals surface area (Å²) in [4.78, 5) is 17.0. The number of piperazine rings is 1. The largest absolute Gasteiger partial charge is 0.392 e. The van der Waals surface area contributed by atoms with Crippen LogP contribution in [-0.2, 0) is 0 Å². The normalized spacial score (nSPS) is 16.8. The van der Waals surface area contributed by atoms with Gasteiger partial charge in [-0.1, -0.05) is 36.0 Å². The molecule has 1 fully saturated rings. The predicted octanol–water partition coefficient (Wildman–Crippen LogP) is 2.16. The van der Waals surface area contributed by atoms with Crippen LogP contribution in [0.25, 0.3) is 0 Å². The van der Waals surface area contributed by atoms with Crippen LogP contribution in [0.5, 0.6) is 0 Å². The van der Waals surface area contributed by atoms with Crippen LogP contribution in [0.2, 0.25) is 5.02 Å². The summed E-state index contributed by atoms with van der Waals surface area (Å²) in [6.07, 6.45) is 0. The van der Waals surface area contributed by atoms with Gasteiger partial charge in [-0.05, 0) is 26.0 Å². The van der Waals surface area contributed by atoms with Gasteiger partial charge in [0.25, 0.3) is 5.91 Å². The van der Waals surface area contributed by atoms with Gasteiger partial charge in [0.2, 0.25) is 0 Å². The molecule has 1 amide bonds. The van der Waals surface area contributed by atoms with Gasteiger partial charge in [0, 0.05) is 26.2 Å². The molecule has 0 atom stereocenters. The molecular formula is C15H20ClN3OS. The van der Waals surface area contributed by atoms with E-state index in [1.165, 1.54) is 0 Å². The molecule has 0 radical (unpaired) electrons. The van der Waals surface area contributed by atoms with Crippen molar-refractivity contribution in [3.63, 3.8) is 0 Å². The first-order valence-electron chi connectivity index (χ1n) is 6.93. The lowest BCUT2D eigenvalue weighted by Crippen LogP contribution is -2.59. The Morgan fingerprint density at radius 2 is 1.81 bits per heavy atom. The average molecular weight is 326 g/mol. The molecule has 1 aliphatic heterocycles. The van der Waals surface area contributed by atoms with Gasteiger partial charge in [0.1, 0.15) is 0 Å². The van der Waals surface area contributed by atoms with E-state index in [0.717, 1.165) is 13.1 Å². The topological polar surface area (TPSA) is 49.6 Å². The zero-order valence-electron chi connectivity index (χ0n) is 12.3. The summed E-state index contributed by atoms with van der Waals surface area (Å²) < 4.78 is 0. The number of carbonyl (C=O) groups excluding carboxylic acids is 1. The molecule has 2 N–H and O–H groups in total. The minimum Gasteiger partial charge on any atom is -0.392 e. The first-order chi connectivity index (χ1) is 9.84. The molecule has 0 unspecified atom stereocenters. The monoisotopic (exact) mass is 325 g/mol. The third-order valence-electron chi connectivity index (χ3n) is 4.06. The summed E-state index contributed by atoms with van der Waals surface area (Å²) in [6.45, 7) is 6.83. The standard InChI is InChI=1S/C15H20ClN3OS/c1-15(2,14(17)21)19-9-7-18(8-10-19)13(20)11-5-3-4-6-12(11)16/h3-6H,7-10H2,1-2H3,(H2,17,21). The third-order valence-corrected chi connectivity index (χ3v) is 4.89. The Kier molecular flexibility index (Phi) is 4.86. The highest BCUT2D eigenvalue weighted by atomic mass is 35.5. The van der Waals surface area contributed by atoms with Crippen LogP contribution in [0.1, 0.15) is 24.2 Å². The van der Waals surface area contributed by atoms with E-state index in [2.05, 4.69) is 4.90 Å². The number of benzene rings is 1. The molecule has 6 heteroatoms. The van der Waals surface area contributed by atoms with Crippen molar-refractivity contribution in [3.05, 3.63) is 34.9 Å². The maximum absolute atomic E-state index is 12.5. The minimum absolute atomic E-state index is 0.0200. The number of halogens is 1. The number of rotatable bonds is 3. The number of hydrogen-bond acceptors (Lipinski definition) is 3. The number of carbonyl (C=O) groups is 1. The highest BCUT2D eigenvalue weighted by Crippen LogP contribution is 2.21. The summed E-state index contributed by atoms with van der Waals surface area (Å²) in [5, 5.41) is 0.494. The van der Waals surface area contributed by atoms with Crippen LogP contribution in [0.3, 0.4) is 0 Å². The van der Waals surface area contributed by atoms with Gasteiger partial charge in [0.05, 0.1) is 21.1 Å². The van der Waals surface area contributed by atoms with Crippen LogP contribution in [0.15, 0.2) is 24.3 Å². The number of amides is 1. The second-order valence-corrected chi connectivity index (χ2v) is 6.53. The summed E-state index contributed by atoms with van der Waals surface area (Å²) in [5.74, 6) is -0.0200. The first kappa shape index (κ1) is 16.2. The average Bonchev–Trinajstić information content (AvgIpc) is 2.47. The van der Waals surface area contributed by atoms with E-state index >= 15 is 0 Å². The molecule has 114 valence electrons. The van der Waals surface area contributed by atoms with Gasteiger partial charge in [-0.25, -0.2) is 0 Å². The molecule has 0 saturated carbocycles. The molecule has 0 bridgehead atoms. The molecule has 1 aromatic carbocycles. The summed E-state index contributed by atoms with van der Waals surface area (Å²) >= 11 is 11.2. The molecule has 4 nitrogen and oxygen atoms in total. The van der Waals surface area contributed by atoms with Gasteiger partial charge in [0.15, 0.2) is 0 Å². The molecule has 21 heavy (non-hydrogen) atoms. The van der Waals surface area contributed by atoms with Crippen molar-refractivity contribution in [2.24, 2.45) is 5.73 Å². The summed E-state index contributed by atoms with van der Waals surface area (Å²) in [6, 6.07) is 7.14. The number of nitrogens with zero attached hydrogens (tertiary/aromatic N) is 2. The van der Waals surface area contributed by atoms with Crippen molar-refractivity contribution in [3.8, 4) is 0 Å². The lowest BCUT2D eigenvalue weighted by molar-refractivity contribution is 0.0540. The van der Waals surface area contributed by atoms with Gasteiger partial charge in [-0.15, -0.1) is 0 Å². The van der Waals surface area contributed by atoms with E-state index < -0.39 is 0 Å². The van der Waals surface area contributed by atoms with E-state index in [4.69, 9.17) is 29.6 Å². The Hall–Kier alpha value is -1.17. The van der Waals surface area contributed by atoms with E-state index in [0.29, 0.717) is 28.7 Å². The first-order valence-corrected chi connectivity index (χ1v) is 7.71. The highest BCUT2D eigenvalue weighted by Gasteiger charge is 2.33. The Morgan fingerprint density at radius 1 is 1.24 bits per heavy atom. The number of thiocarbonyl (C=S) groups is 1. The molecule has 1 aliphatic rings. The van der Waals surface area contributed by atoms with Crippen molar-refractivity contribution in [2.75, 3.05) is 26.2 Å². The van der Waals surface area contributed by atoms with Crippen molar-refractivity contribution in [1.29, 1.82) is 0 Å². The molecule has 1 saturated heterocycles. The van der Waals surface area contributed by atoms with Crippen LogP contribution >= 0.6 is 23.8 Å². The number of hydrogen-bond donors (Lipinski definition) is 1. The molecular weight excluding hydrogens is 306 g/mol. The lowest BCUT2D eigenvalue weighted by Gasteiger charge is -2.43. The smallest absolute Gasteiger partial charge is 0.255 e. The summed E-state index contributed by atoms with van der Waals surface area (Å²) in [5.41, 5.74) is 6.03. The quantitative estimate of drug-likeness (QED) is 0.865. The molecule has 1 heterocycles. The van der Waals surface area contributed by atoms with Gasteiger partial charge < -0.3 is 10.6 Å². The zero-order valence-corrected chi connectivity index (χ0v) is 13.9. The van der Waals surface area contributed by atoms with Crippen LogP contribution in [0, 0.1) is 0 Å². The fourth-order valence-corrected chi connectivity index (χ4v) is 2.78. The maximum Gasteiger partial charge on any atom is 0.255 e. The zero-order chi connectivity index (χ0) is 15.6. The fourth-order valence-electron chi connectivity index (χ4n) is 2.43. The maximum atomic E-state index is 12.5. The van der Waals surface area contributed by atoms with Gasteiger partial charge in [-0.2, -0.15) is 0 Å². The fraction of sp³-hybridized carbons (Fsp3) is 0.467. The molecule has 0 spiro atoms. The second kappa shape index (κ2) is 6.30. The van der Waals surface area contributed by atoms with Crippen LogP contribution in [0.4, 0.5) is 0 Å². The predicted molar refractivity (Wildman–Crippen MR) is 89.8 cm³/mol. The Bertz CT molecular complexity index is 554. The van der Waals surface area contributed by atoms with Crippen molar-refractivity contribution in [1.82, 2.24) is 9.80 Å².